The monoisotopic (exact) mass is 304 g/mol. The summed E-state index contributed by atoms with van der Waals surface area (Å²) in [4.78, 5) is 11.8. The molecule has 19 heavy (non-hydrogen) atoms. The Kier molecular flexibility index (Phi) is 3.52. The standard InChI is InChI=1S/C10H16N4O3S2/c1-4-5-11-8-7(12-13-18-8)6-14-9(15)10(2,3)19(14,16)17/h11H,4-6H2,1-3H3. The van der Waals surface area contributed by atoms with Gasteiger partial charge < -0.3 is 5.32 Å². The maximum absolute atomic E-state index is 12.0. The summed E-state index contributed by atoms with van der Waals surface area (Å²) >= 11 is 1.16. The van der Waals surface area contributed by atoms with E-state index in [9.17, 15) is 13.2 Å². The summed E-state index contributed by atoms with van der Waals surface area (Å²) in [5, 5.41) is 7.72. The summed E-state index contributed by atoms with van der Waals surface area (Å²) < 4.78 is 27.3. The smallest absolute Gasteiger partial charge is 0.259 e. The van der Waals surface area contributed by atoms with E-state index in [1.807, 2.05) is 6.92 Å². The topological polar surface area (TPSA) is 92.3 Å². The van der Waals surface area contributed by atoms with Crippen LogP contribution in [0.3, 0.4) is 0 Å². The van der Waals surface area contributed by atoms with Crippen molar-refractivity contribution in [2.75, 3.05) is 11.9 Å². The van der Waals surface area contributed by atoms with Crippen LogP contribution in [0.2, 0.25) is 0 Å². The van der Waals surface area contributed by atoms with Crippen LogP contribution in [0.5, 0.6) is 0 Å². The van der Waals surface area contributed by atoms with Gasteiger partial charge in [0, 0.05) is 18.1 Å². The van der Waals surface area contributed by atoms with E-state index >= 15 is 0 Å². The number of hydrogen-bond acceptors (Lipinski definition) is 7. The van der Waals surface area contributed by atoms with Gasteiger partial charge in [0.25, 0.3) is 15.9 Å². The lowest BCUT2D eigenvalue weighted by Gasteiger charge is -2.42. The molecule has 0 aromatic carbocycles. The van der Waals surface area contributed by atoms with E-state index in [1.165, 1.54) is 13.8 Å². The minimum Gasteiger partial charge on any atom is -0.374 e. The van der Waals surface area contributed by atoms with Gasteiger partial charge in [-0.05, 0) is 20.3 Å². The number of anilines is 1. The molecular weight excluding hydrogens is 288 g/mol. The average Bonchev–Trinajstić information content (AvgIpc) is 2.79. The molecule has 1 aromatic heterocycles. The quantitative estimate of drug-likeness (QED) is 0.865. The van der Waals surface area contributed by atoms with E-state index < -0.39 is 20.7 Å². The van der Waals surface area contributed by atoms with Crippen molar-refractivity contribution >= 4 is 32.5 Å². The zero-order valence-corrected chi connectivity index (χ0v) is 12.6. The van der Waals surface area contributed by atoms with E-state index in [0.717, 1.165) is 33.8 Å². The van der Waals surface area contributed by atoms with E-state index in [-0.39, 0.29) is 6.54 Å². The molecule has 0 radical (unpaired) electrons. The molecule has 1 aliphatic rings. The van der Waals surface area contributed by atoms with Crippen LogP contribution in [0.25, 0.3) is 0 Å². The number of nitrogens with zero attached hydrogens (tertiary/aromatic N) is 3. The van der Waals surface area contributed by atoms with E-state index in [4.69, 9.17) is 0 Å². The predicted octanol–water partition coefficient (Wildman–Crippen LogP) is 0.811. The van der Waals surface area contributed by atoms with Crippen LogP contribution in [-0.2, 0) is 21.4 Å². The van der Waals surface area contributed by atoms with Crippen molar-refractivity contribution in [3.63, 3.8) is 0 Å². The summed E-state index contributed by atoms with van der Waals surface area (Å²) in [5.74, 6) is -0.401. The van der Waals surface area contributed by atoms with Crippen LogP contribution < -0.4 is 5.32 Å². The number of nitrogens with one attached hydrogen (secondary N) is 1. The number of aromatic nitrogens is 2. The first-order chi connectivity index (χ1) is 8.82. The molecule has 7 nitrogen and oxygen atoms in total. The summed E-state index contributed by atoms with van der Waals surface area (Å²) in [6, 6.07) is 0. The lowest BCUT2D eigenvalue weighted by molar-refractivity contribution is -0.132. The van der Waals surface area contributed by atoms with Crippen LogP contribution in [-0.4, -0.2) is 39.5 Å². The maximum Gasteiger partial charge on any atom is 0.259 e. The van der Waals surface area contributed by atoms with Gasteiger partial charge in [0.05, 0.1) is 6.54 Å². The zero-order chi connectivity index (χ0) is 14.3. The Morgan fingerprint density at radius 1 is 1.42 bits per heavy atom. The lowest BCUT2D eigenvalue weighted by atomic mass is 10.2. The minimum absolute atomic E-state index is 0.0485. The molecule has 2 rings (SSSR count). The summed E-state index contributed by atoms with van der Waals surface area (Å²) in [6.45, 7) is 5.55. The molecule has 1 aliphatic heterocycles. The van der Waals surface area contributed by atoms with Crippen LogP contribution in [0.1, 0.15) is 32.9 Å². The first-order valence-corrected chi connectivity index (χ1v) is 8.15. The molecule has 0 saturated carbocycles. The SMILES string of the molecule is CCCNc1snnc1CN1C(=O)C(C)(C)S1(=O)=O. The van der Waals surface area contributed by atoms with Crippen molar-refractivity contribution in [3.8, 4) is 0 Å². The Morgan fingerprint density at radius 3 is 2.68 bits per heavy atom. The Morgan fingerprint density at radius 2 is 2.11 bits per heavy atom. The highest BCUT2D eigenvalue weighted by atomic mass is 32.2. The van der Waals surface area contributed by atoms with Gasteiger partial charge in [-0.25, -0.2) is 12.7 Å². The largest absolute Gasteiger partial charge is 0.374 e. The second kappa shape index (κ2) is 4.71. The Hall–Kier alpha value is -1.22. The maximum atomic E-state index is 12.0. The van der Waals surface area contributed by atoms with Crippen LogP contribution in [0.4, 0.5) is 5.00 Å². The number of carbonyl (C=O) groups is 1. The third-order valence-corrected chi connectivity index (χ3v) is 6.13. The fourth-order valence-electron chi connectivity index (χ4n) is 1.73. The molecule has 1 fully saturated rings. The molecule has 1 saturated heterocycles. The highest BCUT2D eigenvalue weighted by Crippen LogP contribution is 2.36. The minimum atomic E-state index is -3.57. The molecule has 2 heterocycles. The van der Waals surface area contributed by atoms with Gasteiger partial charge in [0.2, 0.25) is 0 Å². The van der Waals surface area contributed by atoms with Gasteiger partial charge in [-0.3, -0.25) is 4.79 Å². The van der Waals surface area contributed by atoms with E-state index in [0.29, 0.717) is 5.69 Å². The molecule has 106 valence electrons. The molecule has 1 aromatic rings. The molecule has 0 unspecified atom stereocenters. The van der Waals surface area contributed by atoms with Crippen molar-refractivity contribution in [2.24, 2.45) is 0 Å². The van der Waals surface area contributed by atoms with Gasteiger partial charge in [-0.15, -0.1) is 5.10 Å². The summed E-state index contributed by atoms with van der Waals surface area (Å²) in [6.07, 6.45) is 0.936. The Balaban J connectivity index is 2.16. The first kappa shape index (κ1) is 14.2. The number of sulfonamides is 1. The fourth-order valence-corrected chi connectivity index (χ4v) is 3.82. The van der Waals surface area contributed by atoms with Crippen LogP contribution in [0.15, 0.2) is 0 Å². The normalized spacial score (nSPS) is 20.2. The first-order valence-electron chi connectivity index (χ1n) is 5.94. The van der Waals surface area contributed by atoms with Crippen molar-refractivity contribution in [3.05, 3.63) is 5.69 Å². The van der Waals surface area contributed by atoms with Gasteiger partial charge in [-0.1, -0.05) is 11.4 Å². The average molecular weight is 304 g/mol. The second-order valence-electron chi connectivity index (χ2n) is 4.80. The molecule has 1 N–H and O–H groups in total. The molecule has 9 heteroatoms. The molecule has 1 amide bonds. The molecule has 0 spiro atoms. The third kappa shape index (κ3) is 2.10. The Bertz CT molecular complexity index is 594. The van der Waals surface area contributed by atoms with Crippen molar-refractivity contribution in [2.45, 2.75) is 38.5 Å². The zero-order valence-electron chi connectivity index (χ0n) is 11.0. The van der Waals surface area contributed by atoms with Crippen molar-refractivity contribution in [1.29, 1.82) is 0 Å². The highest BCUT2D eigenvalue weighted by Gasteiger charge is 2.60. The number of hydrogen-bond donors (Lipinski definition) is 1. The fraction of sp³-hybridized carbons (Fsp3) is 0.700. The summed E-state index contributed by atoms with van der Waals surface area (Å²) in [7, 11) is -3.57. The van der Waals surface area contributed by atoms with E-state index in [1.54, 1.807) is 0 Å². The van der Waals surface area contributed by atoms with Crippen LogP contribution >= 0.6 is 11.5 Å². The molecule has 0 aliphatic carbocycles. The molecular formula is C10H16N4O3S2. The number of rotatable bonds is 5. The number of amides is 1. The second-order valence-corrected chi connectivity index (χ2v) is 7.97. The molecule has 0 atom stereocenters. The lowest BCUT2D eigenvalue weighted by Crippen LogP contribution is -2.66. The van der Waals surface area contributed by atoms with Gasteiger partial charge >= 0.3 is 0 Å². The van der Waals surface area contributed by atoms with Gasteiger partial charge in [-0.2, -0.15) is 0 Å². The number of carbonyl (C=O) groups excluding carboxylic acids is 1. The van der Waals surface area contributed by atoms with Gasteiger partial charge in [0.1, 0.15) is 10.7 Å². The Labute approximate surface area is 116 Å². The van der Waals surface area contributed by atoms with Gasteiger partial charge in [0.15, 0.2) is 4.75 Å². The predicted molar refractivity (Wildman–Crippen MR) is 72.2 cm³/mol. The van der Waals surface area contributed by atoms with Crippen molar-refractivity contribution < 1.29 is 13.2 Å². The third-order valence-electron chi connectivity index (χ3n) is 3.06. The van der Waals surface area contributed by atoms with Crippen LogP contribution in [0, 0.1) is 0 Å². The highest BCUT2D eigenvalue weighted by molar-refractivity contribution is 7.94. The van der Waals surface area contributed by atoms with E-state index in [2.05, 4.69) is 14.9 Å². The summed E-state index contributed by atoms with van der Waals surface area (Å²) in [5.41, 5.74) is 0.492. The molecule has 0 bridgehead atoms. The van der Waals surface area contributed by atoms with Crippen molar-refractivity contribution in [1.82, 2.24) is 13.9 Å².